The van der Waals surface area contributed by atoms with Gasteiger partial charge in [0.2, 0.25) is 11.7 Å². The van der Waals surface area contributed by atoms with Crippen LogP contribution in [0.3, 0.4) is 0 Å². The van der Waals surface area contributed by atoms with Gasteiger partial charge < -0.3 is 15.4 Å². The summed E-state index contributed by atoms with van der Waals surface area (Å²) in [5.41, 5.74) is 6.56. The van der Waals surface area contributed by atoms with Crippen LogP contribution >= 0.6 is 0 Å². The van der Waals surface area contributed by atoms with E-state index < -0.39 is 5.91 Å². The highest BCUT2D eigenvalue weighted by Gasteiger charge is 2.29. The third kappa shape index (κ3) is 4.11. The molecule has 1 unspecified atom stereocenters. The molecule has 3 aromatic rings. The van der Waals surface area contributed by atoms with E-state index in [0.717, 1.165) is 17.9 Å². The molecule has 2 aliphatic rings. The summed E-state index contributed by atoms with van der Waals surface area (Å²) < 4.78 is 20.8. The van der Waals surface area contributed by atoms with Crippen LogP contribution in [0.5, 0.6) is 5.75 Å². The quantitative estimate of drug-likeness (QED) is 0.682. The zero-order valence-electron chi connectivity index (χ0n) is 17.0. The third-order valence-corrected chi connectivity index (χ3v) is 5.30. The minimum atomic E-state index is -0.663. The highest BCUT2D eigenvalue weighted by molar-refractivity contribution is 5.95. The van der Waals surface area contributed by atoms with Gasteiger partial charge in [0.15, 0.2) is 0 Å². The van der Waals surface area contributed by atoms with Crippen molar-refractivity contribution < 1.29 is 18.7 Å². The number of ether oxygens (including phenoxy) is 1. The lowest BCUT2D eigenvalue weighted by atomic mass is 10.0. The van der Waals surface area contributed by atoms with Crippen LogP contribution < -0.4 is 15.4 Å². The number of benzene rings is 2. The molecule has 1 atom stereocenters. The molecule has 0 bridgehead atoms. The zero-order chi connectivity index (χ0) is 22.0. The second-order valence-corrected chi connectivity index (χ2v) is 7.26. The van der Waals surface area contributed by atoms with Gasteiger partial charge in [-0.05, 0) is 24.6 Å². The van der Waals surface area contributed by atoms with Gasteiger partial charge >= 0.3 is 0 Å². The molecule has 0 radical (unpaired) electrons. The number of amides is 2. The van der Waals surface area contributed by atoms with Gasteiger partial charge in [-0.15, -0.1) is 5.10 Å². The van der Waals surface area contributed by atoms with Crippen molar-refractivity contribution in [3.8, 4) is 5.75 Å². The maximum Gasteiger partial charge on any atom is 0.288 e. The van der Waals surface area contributed by atoms with Gasteiger partial charge in [-0.1, -0.05) is 30.3 Å². The van der Waals surface area contributed by atoms with Gasteiger partial charge in [0.05, 0.1) is 24.8 Å². The summed E-state index contributed by atoms with van der Waals surface area (Å²) in [6.45, 7) is 0.472. The number of hydrogen-bond acceptors (Lipinski definition) is 5. The lowest BCUT2D eigenvalue weighted by molar-refractivity contribution is -0.118. The molecule has 9 heteroatoms. The fourth-order valence-electron chi connectivity index (χ4n) is 3.71. The second kappa shape index (κ2) is 8.55. The molecule has 0 fully saturated rings. The number of aromatic nitrogens is 3. The maximum absolute atomic E-state index is 13.7. The van der Waals surface area contributed by atoms with E-state index in [1.807, 2.05) is 24.3 Å². The summed E-state index contributed by atoms with van der Waals surface area (Å²) in [7, 11) is 1.77. The summed E-state index contributed by atoms with van der Waals surface area (Å²) in [5.74, 6) is 0.625. The summed E-state index contributed by atoms with van der Waals surface area (Å²) in [6.07, 6.45) is 1.85. The van der Waals surface area contributed by atoms with Crippen LogP contribution in [-0.2, 0) is 11.2 Å². The Bertz CT molecular complexity index is 1130. The van der Waals surface area contributed by atoms with Crippen molar-refractivity contribution in [3.05, 3.63) is 71.6 Å². The van der Waals surface area contributed by atoms with Gasteiger partial charge in [-0.2, -0.15) is 0 Å². The first-order valence-electron chi connectivity index (χ1n) is 9.93. The number of primary amides is 1. The molecule has 1 aromatic heterocycles. The molecule has 2 aliphatic heterocycles. The molecule has 0 saturated carbocycles. The molecule has 160 valence electrons. The van der Waals surface area contributed by atoms with E-state index in [0.29, 0.717) is 30.8 Å². The summed E-state index contributed by atoms with van der Waals surface area (Å²) in [4.78, 5) is 28.1. The van der Waals surface area contributed by atoms with E-state index >= 15 is 0 Å². The molecule has 3 heterocycles. The Hall–Kier alpha value is -3.75. The molecule has 8 nitrogen and oxygen atoms in total. The number of nitrogens with zero attached hydrogens (tertiary/aromatic N) is 4. The van der Waals surface area contributed by atoms with Gasteiger partial charge in [0.25, 0.3) is 5.91 Å². The first-order chi connectivity index (χ1) is 15.0. The lowest BCUT2D eigenvalue weighted by Crippen LogP contribution is -2.24. The Morgan fingerprint density at radius 2 is 1.90 bits per heavy atom. The van der Waals surface area contributed by atoms with Crippen molar-refractivity contribution >= 4 is 17.5 Å². The lowest BCUT2D eigenvalue weighted by Gasteiger charge is -2.15. The highest BCUT2D eigenvalue weighted by atomic mass is 19.1. The van der Waals surface area contributed by atoms with Crippen LogP contribution in [0.4, 0.5) is 10.1 Å². The van der Waals surface area contributed by atoms with Gasteiger partial charge in [-0.25, -0.2) is 14.1 Å². The molecule has 0 saturated heterocycles. The molecular weight excluding hydrogens is 401 g/mol. The monoisotopic (exact) mass is 423 g/mol. The fraction of sp³-hybridized carbons (Fsp3) is 0.273. The number of rotatable bonds is 2. The largest absolute Gasteiger partial charge is 0.491 e. The van der Waals surface area contributed by atoms with Crippen LogP contribution in [0.15, 0.2) is 48.5 Å². The molecule has 31 heavy (non-hydrogen) atoms. The van der Waals surface area contributed by atoms with Gasteiger partial charge in [0, 0.05) is 19.0 Å². The minimum absolute atomic E-state index is 0.00830. The minimum Gasteiger partial charge on any atom is -0.491 e. The molecule has 0 spiro atoms. The van der Waals surface area contributed by atoms with Crippen molar-refractivity contribution in [2.75, 3.05) is 18.6 Å². The zero-order valence-corrected chi connectivity index (χ0v) is 17.0. The Morgan fingerprint density at radius 3 is 2.68 bits per heavy atom. The number of anilines is 1. The van der Waals surface area contributed by atoms with Crippen molar-refractivity contribution in [2.45, 2.75) is 25.3 Å². The number of fused-ring (bicyclic) bond motifs is 2. The number of carbonyl (C=O) groups excluding carboxylic acids is 2. The van der Waals surface area contributed by atoms with E-state index in [-0.39, 0.29) is 23.6 Å². The standard InChI is InChI=1S/C12H11FN4O.C10H11NO2/c13-8-4-2-1-3-7(8)9-5-6-10-15-12(11(14)18)16-17(9)10;1-11-8-4-2-3-5-9(8)13-7-6-10(11)12/h1-4,9H,5-6H2,(H2,14,18);2-5H,6-7H2,1H3. The first-order valence-corrected chi connectivity index (χ1v) is 9.93. The average Bonchev–Trinajstić information content (AvgIpc) is 3.32. The van der Waals surface area contributed by atoms with E-state index in [4.69, 9.17) is 10.5 Å². The first kappa shape index (κ1) is 20.5. The fourth-order valence-corrected chi connectivity index (χ4v) is 3.71. The van der Waals surface area contributed by atoms with Gasteiger partial charge in [0.1, 0.15) is 17.4 Å². The number of aryl methyl sites for hydroxylation is 1. The Morgan fingerprint density at radius 1 is 1.16 bits per heavy atom. The van der Waals surface area contributed by atoms with E-state index in [1.165, 1.54) is 6.07 Å². The van der Waals surface area contributed by atoms with Crippen molar-refractivity contribution in [1.29, 1.82) is 0 Å². The summed E-state index contributed by atoms with van der Waals surface area (Å²) in [6, 6.07) is 13.9. The van der Waals surface area contributed by atoms with Crippen molar-refractivity contribution in [3.63, 3.8) is 0 Å². The van der Waals surface area contributed by atoms with Crippen LogP contribution in [0.2, 0.25) is 0 Å². The molecule has 2 aromatic carbocycles. The average molecular weight is 423 g/mol. The predicted octanol–water partition coefficient (Wildman–Crippen LogP) is 2.48. The topological polar surface area (TPSA) is 103 Å². The summed E-state index contributed by atoms with van der Waals surface area (Å²) in [5, 5.41) is 4.05. The maximum atomic E-state index is 13.7. The Balaban J connectivity index is 0.000000158. The number of halogens is 1. The van der Waals surface area contributed by atoms with Crippen LogP contribution in [0.25, 0.3) is 0 Å². The van der Waals surface area contributed by atoms with E-state index in [9.17, 15) is 14.0 Å². The number of carbonyl (C=O) groups is 2. The number of hydrogen-bond donors (Lipinski definition) is 1. The van der Waals surface area contributed by atoms with E-state index in [2.05, 4.69) is 10.1 Å². The molecule has 5 rings (SSSR count). The number of para-hydroxylation sites is 2. The normalized spacial score (nSPS) is 17.0. The second-order valence-electron chi connectivity index (χ2n) is 7.26. The predicted molar refractivity (Wildman–Crippen MR) is 111 cm³/mol. The highest BCUT2D eigenvalue weighted by Crippen LogP contribution is 2.32. The van der Waals surface area contributed by atoms with Crippen molar-refractivity contribution in [1.82, 2.24) is 14.8 Å². The number of nitrogens with two attached hydrogens (primary N) is 1. The molecular formula is C22H22FN5O3. The van der Waals surface area contributed by atoms with Crippen LogP contribution in [0, 0.1) is 5.82 Å². The molecule has 2 amide bonds. The van der Waals surface area contributed by atoms with Crippen LogP contribution in [0.1, 0.15) is 40.9 Å². The van der Waals surface area contributed by atoms with E-state index in [1.54, 1.807) is 34.8 Å². The SMILES string of the molecule is CN1C(=O)CCOc2ccccc21.NC(=O)c1nc2n(n1)C(c1ccccc1F)CC2. The Labute approximate surface area is 178 Å². The van der Waals surface area contributed by atoms with Crippen molar-refractivity contribution in [2.24, 2.45) is 5.73 Å². The summed E-state index contributed by atoms with van der Waals surface area (Å²) >= 11 is 0. The third-order valence-electron chi connectivity index (χ3n) is 5.30. The smallest absolute Gasteiger partial charge is 0.288 e. The Kier molecular flexibility index (Phi) is 5.66. The molecule has 0 aliphatic carbocycles. The molecule has 2 N–H and O–H groups in total. The van der Waals surface area contributed by atoms with Crippen LogP contribution in [-0.4, -0.2) is 40.2 Å². The van der Waals surface area contributed by atoms with Gasteiger partial charge in [-0.3, -0.25) is 9.59 Å².